The summed E-state index contributed by atoms with van der Waals surface area (Å²) >= 11 is 0. The van der Waals surface area contributed by atoms with Crippen molar-refractivity contribution in [2.24, 2.45) is 0 Å². The molecule has 0 spiro atoms. The van der Waals surface area contributed by atoms with Gasteiger partial charge in [-0.15, -0.1) is 0 Å². The molecule has 0 aliphatic rings. The monoisotopic (exact) mass is 272 g/mol. The molecule has 0 radical (unpaired) electrons. The van der Waals surface area contributed by atoms with Crippen LogP contribution < -0.4 is 10.6 Å². The zero-order chi connectivity index (χ0) is 14.7. The Hall–Kier alpha value is -2.69. The van der Waals surface area contributed by atoms with Gasteiger partial charge in [-0.1, -0.05) is 6.07 Å². The molecular weight excluding hydrogens is 256 g/mol. The van der Waals surface area contributed by atoms with Crippen molar-refractivity contribution in [1.29, 1.82) is 0 Å². The van der Waals surface area contributed by atoms with E-state index in [0.717, 1.165) is 11.3 Å². The number of benzene rings is 2. The average molecular weight is 272 g/mol. The molecule has 4 N–H and O–H groups in total. The van der Waals surface area contributed by atoms with Crippen LogP contribution in [0.1, 0.15) is 15.9 Å². The number of phenolic OH excluding ortho intramolecular Hbond substituents is 2. The van der Waals surface area contributed by atoms with E-state index >= 15 is 0 Å². The van der Waals surface area contributed by atoms with Crippen LogP contribution in [0.15, 0.2) is 36.4 Å². The molecule has 2 aromatic rings. The molecule has 104 valence electrons. The number of anilines is 2. The van der Waals surface area contributed by atoms with Gasteiger partial charge in [0.1, 0.15) is 11.5 Å². The van der Waals surface area contributed by atoms with Crippen molar-refractivity contribution in [2.75, 3.05) is 17.7 Å². The molecule has 0 bridgehead atoms. The van der Waals surface area contributed by atoms with E-state index in [2.05, 4.69) is 10.6 Å². The number of hydrogen-bond acceptors (Lipinski definition) is 4. The maximum Gasteiger partial charge on any atom is 0.259 e. The van der Waals surface area contributed by atoms with Crippen LogP contribution in [0.4, 0.5) is 11.4 Å². The third-order valence-electron chi connectivity index (χ3n) is 2.93. The molecule has 0 saturated carbocycles. The number of carbonyl (C=O) groups excluding carboxylic acids is 1. The molecule has 0 unspecified atom stereocenters. The number of phenols is 2. The summed E-state index contributed by atoms with van der Waals surface area (Å²) in [6.45, 7) is 1.82. The SMILES string of the molecule is CNc1ccc(NC(=O)c2ccc(C)cc2O)c(O)c1. The molecule has 5 heteroatoms. The molecule has 0 fully saturated rings. The summed E-state index contributed by atoms with van der Waals surface area (Å²) in [6.07, 6.45) is 0. The van der Waals surface area contributed by atoms with E-state index in [1.807, 2.05) is 6.92 Å². The van der Waals surface area contributed by atoms with Gasteiger partial charge < -0.3 is 20.8 Å². The van der Waals surface area contributed by atoms with Gasteiger partial charge in [0, 0.05) is 18.8 Å². The topological polar surface area (TPSA) is 81.6 Å². The first-order valence-corrected chi connectivity index (χ1v) is 6.13. The molecule has 0 atom stereocenters. The van der Waals surface area contributed by atoms with Gasteiger partial charge >= 0.3 is 0 Å². The number of carbonyl (C=O) groups is 1. The first-order chi connectivity index (χ1) is 9.51. The van der Waals surface area contributed by atoms with Crippen molar-refractivity contribution in [2.45, 2.75) is 6.92 Å². The van der Waals surface area contributed by atoms with Crippen LogP contribution in [-0.2, 0) is 0 Å². The normalized spacial score (nSPS) is 10.1. The number of aryl methyl sites for hydroxylation is 1. The Morgan fingerprint density at radius 3 is 2.40 bits per heavy atom. The molecule has 0 saturated heterocycles. The van der Waals surface area contributed by atoms with Crippen LogP contribution in [0.2, 0.25) is 0 Å². The Morgan fingerprint density at radius 2 is 1.80 bits per heavy atom. The molecular formula is C15H16N2O3. The van der Waals surface area contributed by atoms with Gasteiger partial charge in [-0.3, -0.25) is 4.79 Å². The van der Waals surface area contributed by atoms with E-state index in [-0.39, 0.29) is 22.7 Å². The van der Waals surface area contributed by atoms with E-state index in [1.165, 1.54) is 12.1 Å². The Balaban J connectivity index is 2.23. The average Bonchev–Trinajstić information content (AvgIpc) is 2.40. The van der Waals surface area contributed by atoms with Gasteiger partial charge in [-0.2, -0.15) is 0 Å². The summed E-state index contributed by atoms with van der Waals surface area (Å²) < 4.78 is 0. The minimum atomic E-state index is -0.477. The van der Waals surface area contributed by atoms with Gasteiger partial charge in [0.15, 0.2) is 0 Å². The third-order valence-corrected chi connectivity index (χ3v) is 2.93. The molecule has 0 aliphatic heterocycles. The number of hydrogen-bond donors (Lipinski definition) is 4. The Morgan fingerprint density at radius 1 is 1.05 bits per heavy atom. The summed E-state index contributed by atoms with van der Waals surface area (Å²) in [6, 6.07) is 9.61. The van der Waals surface area contributed by atoms with Gasteiger partial charge in [0.05, 0.1) is 11.3 Å². The van der Waals surface area contributed by atoms with Crippen molar-refractivity contribution in [3.05, 3.63) is 47.5 Å². The predicted molar refractivity (Wildman–Crippen MR) is 78.5 cm³/mol. The fourth-order valence-corrected chi connectivity index (χ4v) is 1.82. The van der Waals surface area contributed by atoms with Crippen molar-refractivity contribution in [1.82, 2.24) is 0 Å². The van der Waals surface area contributed by atoms with Gasteiger partial charge in [0.2, 0.25) is 0 Å². The second-order valence-electron chi connectivity index (χ2n) is 4.46. The lowest BCUT2D eigenvalue weighted by Crippen LogP contribution is -2.12. The highest BCUT2D eigenvalue weighted by Gasteiger charge is 2.13. The largest absolute Gasteiger partial charge is 0.507 e. The van der Waals surface area contributed by atoms with Crippen molar-refractivity contribution in [3.8, 4) is 11.5 Å². The number of nitrogens with one attached hydrogen (secondary N) is 2. The van der Waals surface area contributed by atoms with Crippen LogP contribution in [-0.4, -0.2) is 23.2 Å². The third kappa shape index (κ3) is 2.83. The van der Waals surface area contributed by atoms with Crippen molar-refractivity contribution in [3.63, 3.8) is 0 Å². The van der Waals surface area contributed by atoms with E-state index < -0.39 is 5.91 Å². The minimum absolute atomic E-state index is 0.0446. The molecule has 0 heterocycles. The molecule has 0 aromatic heterocycles. The predicted octanol–water partition coefficient (Wildman–Crippen LogP) is 2.70. The van der Waals surface area contributed by atoms with Crippen LogP contribution >= 0.6 is 0 Å². The molecule has 5 nitrogen and oxygen atoms in total. The highest BCUT2D eigenvalue weighted by atomic mass is 16.3. The summed E-state index contributed by atoms with van der Waals surface area (Å²) in [7, 11) is 1.73. The fraction of sp³-hybridized carbons (Fsp3) is 0.133. The summed E-state index contributed by atoms with van der Waals surface area (Å²) in [5, 5.41) is 25.0. The quantitative estimate of drug-likeness (QED) is 0.647. The zero-order valence-corrected chi connectivity index (χ0v) is 11.3. The van der Waals surface area contributed by atoms with Crippen molar-refractivity contribution < 1.29 is 15.0 Å². The Labute approximate surface area is 116 Å². The molecule has 2 rings (SSSR count). The molecule has 0 aliphatic carbocycles. The maximum atomic E-state index is 12.1. The first kappa shape index (κ1) is 13.7. The number of amides is 1. The highest BCUT2D eigenvalue weighted by Crippen LogP contribution is 2.28. The fourth-order valence-electron chi connectivity index (χ4n) is 1.82. The summed E-state index contributed by atoms with van der Waals surface area (Å²) in [5.74, 6) is -0.611. The second-order valence-corrected chi connectivity index (χ2v) is 4.46. The smallest absolute Gasteiger partial charge is 0.259 e. The van der Waals surface area contributed by atoms with Crippen LogP contribution in [0.25, 0.3) is 0 Å². The van der Waals surface area contributed by atoms with Gasteiger partial charge in [0.25, 0.3) is 5.91 Å². The molecule has 2 aromatic carbocycles. The molecule has 1 amide bonds. The van der Waals surface area contributed by atoms with E-state index in [4.69, 9.17) is 0 Å². The van der Waals surface area contributed by atoms with E-state index in [0.29, 0.717) is 0 Å². The van der Waals surface area contributed by atoms with Gasteiger partial charge in [-0.05, 0) is 36.8 Å². The highest BCUT2D eigenvalue weighted by molar-refractivity contribution is 6.06. The zero-order valence-electron chi connectivity index (χ0n) is 11.3. The first-order valence-electron chi connectivity index (χ1n) is 6.13. The van der Waals surface area contributed by atoms with Gasteiger partial charge in [-0.25, -0.2) is 0 Å². The molecule has 20 heavy (non-hydrogen) atoms. The lowest BCUT2D eigenvalue weighted by molar-refractivity contribution is 0.102. The minimum Gasteiger partial charge on any atom is -0.507 e. The Kier molecular flexibility index (Phi) is 3.79. The van der Waals surface area contributed by atoms with Crippen LogP contribution in [0.5, 0.6) is 11.5 Å². The second kappa shape index (κ2) is 5.52. The van der Waals surface area contributed by atoms with E-state index in [9.17, 15) is 15.0 Å². The number of rotatable bonds is 3. The van der Waals surface area contributed by atoms with Crippen molar-refractivity contribution >= 4 is 17.3 Å². The summed E-state index contributed by atoms with van der Waals surface area (Å²) in [4.78, 5) is 12.1. The number of aromatic hydroxyl groups is 2. The van der Waals surface area contributed by atoms with E-state index in [1.54, 1.807) is 31.3 Å². The Bertz CT molecular complexity index is 654. The maximum absolute atomic E-state index is 12.1. The van der Waals surface area contributed by atoms with Crippen LogP contribution in [0.3, 0.4) is 0 Å². The lowest BCUT2D eigenvalue weighted by atomic mass is 10.1. The van der Waals surface area contributed by atoms with Crippen LogP contribution in [0, 0.1) is 6.92 Å². The lowest BCUT2D eigenvalue weighted by Gasteiger charge is -2.10. The standard InChI is InChI=1S/C15H16N2O3/c1-9-3-5-11(13(18)7-9)15(20)17-12-6-4-10(16-2)8-14(12)19/h3-8,16,18-19H,1-2H3,(H,17,20). The summed E-state index contributed by atoms with van der Waals surface area (Å²) in [5.41, 5.74) is 2.04.